The smallest absolute Gasteiger partial charge is 0.280 e. The van der Waals surface area contributed by atoms with Gasteiger partial charge >= 0.3 is 0 Å². The Morgan fingerprint density at radius 2 is 1.71 bits per heavy atom. The van der Waals surface area contributed by atoms with E-state index in [1.807, 2.05) is 68.4 Å². The molecule has 0 aliphatic rings. The van der Waals surface area contributed by atoms with Crippen molar-refractivity contribution in [2.24, 2.45) is 4.99 Å². The maximum absolute atomic E-state index is 13.4. The molecule has 0 saturated carbocycles. The lowest BCUT2D eigenvalue weighted by molar-refractivity contribution is -0.384. The first kappa shape index (κ1) is 23.3. The molecule has 4 rings (SSSR count). The van der Waals surface area contributed by atoms with Gasteiger partial charge in [-0.05, 0) is 49.7 Å². The fourth-order valence-corrected chi connectivity index (χ4v) is 4.59. The number of nitro benzene ring substituents is 1. The van der Waals surface area contributed by atoms with Crippen LogP contribution in [0.2, 0.25) is 0 Å². The molecule has 1 N–H and O–H groups in total. The zero-order chi connectivity index (χ0) is 24.1. The summed E-state index contributed by atoms with van der Waals surface area (Å²) in [5.41, 5.74) is 3.01. The topological polar surface area (TPSA) is 93.3 Å². The largest absolute Gasteiger partial charge is 0.294 e. The van der Waals surface area contributed by atoms with Crippen LogP contribution in [0.5, 0.6) is 0 Å². The van der Waals surface area contributed by atoms with E-state index in [-0.39, 0.29) is 11.2 Å². The van der Waals surface area contributed by atoms with Gasteiger partial charge in [0.15, 0.2) is 0 Å². The fraction of sp³-hybridized carbons (Fsp3) is 0.154. The van der Waals surface area contributed by atoms with Gasteiger partial charge in [0.05, 0.1) is 27.6 Å². The predicted molar refractivity (Wildman–Crippen MR) is 136 cm³/mol. The molecule has 0 spiro atoms. The summed E-state index contributed by atoms with van der Waals surface area (Å²) in [6.45, 7) is 3.89. The predicted octanol–water partition coefficient (Wildman–Crippen LogP) is 6.32. The number of hydrogen-bond donors (Lipinski definition) is 1. The third-order valence-corrected chi connectivity index (χ3v) is 6.34. The van der Waals surface area contributed by atoms with Crippen molar-refractivity contribution in [3.63, 3.8) is 0 Å². The van der Waals surface area contributed by atoms with E-state index < -0.39 is 4.92 Å². The van der Waals surface area contributed by atoms with Crippen molar-refractivity contribution in [2.45, 2.75) is 36.5 Å². The van der Waals surface area contributed by atoms with E-state index in [1.54, 1.807) is 23.9 Å². The molecular weight excluding hydrogens is 448 g/mol. The Morgan fingerprint density at radius 3 is 2.38 bits per heavy atom. The number of benzene rings is 3. The summed E-state index contributed by atoms with van der Waals surface area (Å²) < 4.78 is 1.42. The molecule has 4 aromatic rings. The highest BCUT2D eigenvalue weighted by Crippen LogP contribution is 2.35. The molecule has 1 aromatic heterocycles. The summed E-state index contributed by atoms with van der Waals surface area (Å²) in [5.74, 6) is 0. The third kappa shape index (κ3) is 5.02. The highest BCUT2D eigenvalue weighted by atomic mass is 32.2. The van der Waals surface area contributed by atoms with Crippen molar-refractivity contribution >= 4 is 28.8 Å². The molecule has 172 valence electrons. The van der Waals surface area contributed by atoms with Crippen molar-refractivity contribution in [1.29, 1.82) is 0 Å². The Morgan fingerprint density at radius 1 is 1.03 bits per heavy atom. The van der Waals surface area contributed by atoms with E-state index in [1.165, 1.54) is 16.8 Å². The number of rotatable bonds is 8. The summed E-state index contributed by atoms with van der Waals surface area (Å²) in [5, 5.41) is 14.2. The maximum atomic E-state index is 13.4. The molecule has 1 heterocycles. The number of nitro groups is 1. The summed E-state index contributed by atoms with van der Waals surface area (Å²) in [6, 6.07) is 23.8. The Labute approximate surface area is 201 Å². The first-order chi connectivity index (χ1) is 16.5. The van der Waals surface area contributed by atoms with Crippen LogP contribution in [0.15, 0.2) is 98.4 Å². The quantitative estimate of drug-likeness (QED) is 0.184. The van der Waals surface area contributed by atoms with E-state index >= 15 is 0 Å². The molecule has 0 bridgehead atoms. The summed E-state index contributed by atoms with van der Waals surface area (Å²) in [4.78, 5) is 30.9. The minimum atomic E-state index is -0.461. The maximum Gasteiger partial charge on any atom is 0.280 e. The number of aromatic amines is 1. The molecule has 34 heavy (non-hydrogen) atoms. The Balaban J connectivity index is 1.74. The van der Waals surface area contributed by atoms with E-state index in [0.29, 0.717) is 23.4 Å². The molecule has 0 aliphatic heterocycles. The molecule has 0 atom stereocenters. The Kier molecular flexibility index (Phi) is 7.08. The van der Waals surface area contributed by atoms with Crippen molar-refractivity contribution in [3.8, 4) is 5.69 Å². The van der Waals surface area contributed by atoms with Crippen LogP contribution in [0.3, 0.4) is 0 Å². The SMILES string of the molecule is CCCc1[nH]n(-c2ccc([N+](=O)[O-])cc2)c(=O)c1C(C)=Nc1ccccc1Sc1ccccc1. The highest BCUT2D eigenvalue weighted by molar-refractivity contribution is 7.99. The van der Waals surface area contributed by atoms with E-state index in [2.05, 4.69) is 5.10 Å². The van der Waals surface area contributed by atoms with Crippen LogP contribution in [0.1, 0.15) is 31.5 Å². The molecule has 0 unspecified atom stereocenters. The minimum absolute atomic E-state index is 0.0253. The lowest BCUT2D eigenvalue weighted by Gasteiger charge is -2.07. The van der Waals surface area contributed by atoms with Crippen LogP contribution in [-0.4, -0.2) is 20.4 Å². The van der Waals surface area contributed by atoms with E-state index in [9.17, 15) is 14.9 Å². The van der Waals surface area contributed by atoms with Crippen molar-refractivity contribution in [3.05, 3.63) is 111 Å². The van der Waals surface area contributed by atoms with Gasteiger partial charge in [-0.1, -0.05) is 55.4 Å². The van der Waals surface area contributed by atoms with Crippen molar-refractivity contribution in [2.75, 3.05) is 0 Å². The number of nitrogens with one attached hydrogen (secondary N) is 1. The second-order valence-corrected chi connectivity index (χ2v) is 8.82. The molecule has 0 aliphatic carbocycles. The first-order valence-electron chi connectivity index (χ1n) is 10.9. The summed E-state index contributed by atoms with van der Waals surface area (Å²) in [6.07, 6.45) is 1.53. The van der Waals surface area contributed by atoms with Gasteiger partial charge < -0.3 is 0 Å². The van der Waals surface area contributed by atoms with Crippen molar-refractivity contribution in [1.82, 2.24) is 9.78 Å². The average Bonchev–Trinajstić information content (AvgIpc) is 3.17. The van der Waals surface area contributed by atoms with Gasteiger partial charge in [-0.25, -0.2) is 4.68 Å². The lowest BCUT2D eigenvalue weighted by Crippen LogP contribution is -2.19. The van der Waals surface area contributed by atoms with Crippen LogP contribution in [0, 0.1) is 10.1 Å². The molecular formula is C26H24N4O3S. The molecule has 3 aromatic carbocycles. The summed E-state index contributed by atoms with van der Waals surface area (Å²) >= 11 is 1.62. The van der Waals surface area contributed by atoms with Crippen LogP contribution in [0.25, 0.3) is 5.69 Å². The number of para-hydroxylation sites is 1. The van der Waals surface area contributed by atoms with Gasteiger partial charge in [-0.15, -0.1) is 0 Å². The second kappa shape index (κ2) is 10.4. The molecule has 8 heteroatoms. The molecule has 0 fully saturated rings. The lowest BCUT2D eigenvalue weighted by atomic mass is 10.1. The number of aromatic nitrogens is 2. The van der Waals surface area contributed by atoms with Crippen LogP contribution < -0.4 is 5.56 Å². The number of hydrogen-bond acceptors (Lipinski definition) is 5. The zero-order valence-corrected chi connectivity index (χ0v) is 19.7. The van der Waals surface area contributed by atoms with Gasteiger partial charge in [0.25, 0.3) is 11.2 Å². The van der Waals surface area contributed by atoms with Crippen molar-refractivity contribution < 1.29 is 4.92 Å². The number of H-pyrrole nitrogens is 1. The molecule has 0 amide bonds. The van der Waals surface area contributed by atoms with E-state index in [4.69, 9.17) is 4.99 Å². The third-order valence-electron chi connectivity index (χ3n) is 5.27. The monoisotopic (exact) mass is 472 g/mol. The minimum Gasteiger partial charge on any atom is -0.294 e. The van der Waals surface area contributed by atoms with Gasteiger partial charge in [0.1, 0.15) is 0 Å². The van der Waals surface area contributed by atoms with Gasteiger partial charge in [-0.3, -0.25) is 25.0 Å². The number of non-ortho nitro benzene ring substituents is 1. The normalized spacial score (nSPS) is 11.5. The first-order valence-corrected chi connectivity index (χ1v) is 11.8. The number of aryl methyl sites for hydroxylation is 1. The Hall–Kier alpha value is -3.91. The zero-order valence-electron chi connectivity index (χ0n) is 18.9. The average molecular weight is 473 g/mol. The van der Waals surface area contributed by atoms with Crippen LogP contribution in [-0.2, 0) is 6.42 Å². The highest BCUT2D eigenvalue weighted by Gasteiger charge is 2.18. The molecule has 0 radical (unpaired) electrons. The van der Waals surface area contributed by atoms with Gasteiger partial charge in [-0.2, -0.15) is 0 Å². The fourth-order valence-electron chi connectivity index (χ4n) is 3.68. The van der Waals surface area contributed by atoms with Crippen LogP contribution >= 0.6 is 11.8 Å². The van der Waals surface area contributed by atoms with Gasteiger partial charge in [0, 0.05) is 27.6 Å². The van der Waals surface area contributed by atoms with Crippen LogP contribution in [0.4, 0.5) is 11.4 Å². The second-order valence-electron chi connectivity index (χ2n) is 7.71. The van der Waals surface area contributed by atoms with Gasteiger partial charge in [0.2, 0.25) is 0 Å². The molecule has 7 nitrogen and oxygen atoms in total. The van der Waals surface area contributed by atoms with E-state index in [0.717, 1.165) is 27.6 Å². The summed E-state index contributed by atoms with van der Waals surface area (Å²) in [7, 11) is 0. The standard InChI is InChI=1S/C26H24N4O3S/c1-3-9-23-25(26(31)29(28-23)19-14-16-20(17-15-19)30(32)33)18(2)27-22-12-7-8-13-24(22)34-21-10-5-4-6-11-21/h4-8,10-17,28H,3,9H2,1-2H3. The number of nitrogens with zero attached hydrogens (tertiary/aromatic N) is 3. The Bertz CT molecular complexity index is 1390. The molecule has 0 saturated heterocycles. The number of aliphatic imine (C=N–C) groups is 1.